The van der Waals surface area contributed by atoms with Crippen molar-refractivity contribution in [3.8, 4) is 5.75 Å². The van der Waals surface area contributed by atoms with Crippen molar-refractivity contribution in [2.24, 2.45) is 0 Å². The van der Waals surface area contributed by atoms with Gasteiger partial charge in [-0.15, -0.1) is 0 Å². The molecule has 0 radical (unpaired) electrons. The van der Waals surface area contributed by atoms with E-state index in [9.17, 15) is 13.6 Å². The summed E-state index contributed by atoms with van der Waals surface area (Å²) in [6, 6.07) is 11.4. The Balaban J connectivity index is 1.55. The Hall–Kier alpha value is -3.00. The highest BCUT2D eigenvalue weighted by Gasteiger charge is 2.32. The number of ether oxygens (including phenoxy) is 1. The first kappa shape index (κ1) is 19.3. The van der Waals surface area contributed by atoms with Crippen LogP contribution in [0.5, 0.6) is 5.75 Å². The molecule has 0 aliphatic carbocycles. The average molecular weight is 419 g/mol. The van der Waals surface area contributed by atoms with Crippen molar-refractivity contribution in [1.29, 1.82) is 0 Å². The lowest BCUT2D eigenvalue weighted by atomic mass is 10.1. The number of para-hydroxylation sites is 1. The second kappa shape index (κ2) is 8.16. The van der Waals surface area contributed by atoms with Gasteiger partial charge in [-0.3, -0.25) is 4.79 Å². The summed E-state index contributed by atoms with van der Waals surface area (Å²) in [4.78, 5) is 23.6. The molecule has 0 unspecified atom stereocenters. The minimum Gasteiger partial charge on any atom is -0.433 e. The van der Waals surface area contributed by atoms with Crippen molar-refractivity contribution in [2.75, 3.05) is 16.8 Å². The molecule has 6 nitrogen and oxygen atoms in total. The lowest BCUT2D eigenvalue weighted by Gasteiger charge is -2.26. The molecule has 9 heteroatoms. The molecule has 3 aromatic rings. The molecule has 1 aromatic heterocycles. The summed E-state index contributed by atoms with van der Waals surface area (Å²) in [5, 5.41) is 3.68. The Morgan fingerprint density at radius 2 is 2.07 bits per heavy atom. The van der Waals surface area contributed by atoms with Crippen molar-refractivity contribution in [1.82, 2.24) is 9.97 Å². The number of anilines is 2. The number of hydrogen-bond donors (Lipinski definition) is 1. The first-order valence-corrected chi connectivity index (χ1v) is 9.42. The molecule has 1 aliphatic heterocycles. The monoisotopic (exact) mass is 418 g/mol. The zero-order valence-corrected chi connectivity index (χ0v) is 15.9. The summed E-state index contributed by atoms with van der Waals surface area (Å²) in [5.74, 6) is 0.352. The van der Waals surface area contributed by atoms with Gasteiger partial charge in [0.1, 0.15) is 23.9 Å². The number of nitrogens with zero attached hydrogens (tertiary/aromatic N) is 3. The van der Waals surface area contributed by atoms with Gasteiger partial charge < -0.3 is 15.0 Å². The van der Waals surface area contributed by atoms with Crippen LogP contribution >= 0.6 is 11.6 Å². The van der Waals surface area contributed by atoms with E-state index < -0.39 is 12.7 Å². The van der Waals surface area contributed by atoms with Crippen LogP contribution in [-0.4, -0.2) is 35.1 Å². The van der Waals surface area contributed by atoms with Crippen LogP contribution in [0.1, 0.15) is 12.8 Å². The van der Waals surface area contributed by atoms with E-state index >= 15 is 0 Å². The quantitative estimate of drug-likeness (QED) is 0.661. The Bertz CT molecular complexity index is 1040. The smallest absolute Gasteiger partial charge is 0.387 e. The van der Waals surface area contributed by atoms with Crippen molar-refractivity contribution in [2.45, 2.75) is 25.5 Å². The molecule has 1 aliphatic rings. The molecule has 1 atom stereocenters. The minimum absolute atomic E-state index is 0.00632. The third-order valence-corrected chi connectivity index (χ3v) is 5.06. The normalized spacial score (nSPS) is 16.4. The van der Waals surface area contributed by atoms with Crippen LogP contribution in [0.3, 0.4) is 0 Å². The Morgan fingerprint density at radius 1 is 1.24 bits per heavy atom. The zero-order chi connectivity index (χ0) is 20.4. The van der Waals surface area contributed by atoms with Gasteiger partial charge >= 0.3 is 6.61 Å². The molecule has 1 fully saturated rings. The molecular formula is C20H17ClF2N4O2. The van der Waals surface area contributed by atoms with Gasteiger partial charge in [-0.05, 0) is 43.2 Å². The number of benzene rings is 2. The van der Waals surface area contributed by atoms with E-state index in [1.54, 1.807) is 0 Å². The SMILES string of the molecule is O=C(Nc1ccc(OC(F)F)c(Cl)c1)[C@H]1CCCN1c1ncnc2ccccc12. The number of alkyl halides is 2. The summed E-state index contributed by atoms with van der Waals surface area (Å²) in [7, 11) is 0. The number of amides is 1. The molecule has 2 aromatic carbocycles. The van der Waals surface area contributed by atoms with Crippen LogP contribution in [0.2, 0.25) is 5.02 Å². The predicted octanol–water partition coefficient (Wildman–Crippen LogP) is 4.49. The van der Waals surface area contributed by atoms with Crippen LogP contribution in [-0.2, 0) is 4.79 Å². The Kier molecular flexibility index (Phi) is 5.44. The number of carbonyl (C=O) groups is 1. The molecule has 4 rings (SSSR count). The first-order chi connectivity index (χ1) is 14.0. The van der Waals surface area contributed by atoms with E-state index in [0.29, 0.717) is 24.5 Å². The maximum atomic E-state index is 12.9. The van der Waals surface area contributed by atoms with E-state index in [-0.39, 0.29) is 16.7 Å². The van der Waals surface area contributed by atoms with E-state index in [1.807, 2.05) is 29.2 Å². The summed E-state index contributed by atoms with van der Waals surface area (Å²) >= 11 is 5.97. The Labute approximate surface area is 170 Å². The molecule has 1 N–H and O–H groups in total. The predicted molar refractivity (Wildman–Crippen MR) is 107 cm³/mol. The zero-order valence-electron chi connectivity index (χ0n) is 15.2. The number of rotatable bonds is 5. The van der Waals surface area contributed by atoms with E-state index in [1.165, 1.54) is 24.5 Å². The molecule has 150 valence electrons. The second-order valence-corrected chi connectivity index (χ2v) is 6.99. The van der Waals surface area contributed by atoms with Crippen LogP contribution in [0.25, 0.3) is 10.9 Å². The van der Waals surface area contributed by atoms with E-state index in [0.717, 1.165) is 17.3 Å². The van der Waals surface area contributed by atoms with Crippen molar-refractivity contribution in [3.05, 3.63) is 53.8 Å². The summed E-state index contributed by atoms with van der Waals surface area (Å²) in [5.41, 5.74) is 1.21. The molecular weight excluding hydrogens is 402 g/mol. The standard InChI is InChI=1S/C20H17ClF2N4O2/c21-14-10-12(7-8-17(14)29-20(22)23)26-19(28)16-6-3-9-27(16)18-13-4-1-2-5-15(13)24-11-25-18/h1-2,4-5,7-8,10-11,16,20H,3,6,9H2,(H,26,28)/t16-/m1/s1. The molecule has 1 amide bonds. The van der Waals surface area contributed by atoms with Gasteiger partial charge in [-0.1, -0.05) is 23.7 Å². The lowest BCUT2D eigenvalue weighted by molar-refractivity contribution is -0.117. The maximum Gasteiger partial charge on any atom is 0.387 e. The number of carbonyl (C=O) groups excluding carboxylic acids is 1. The third kappa shape index (κ3) is 4.07. The molecule has 1 saturated heterocycles. The van der Waals surface area contributed by atoms with Gasteiger partial charge in [0, 0.05) is 17.6 Å². The summed E-state index contributed by atoms with van der Waals surface area (Å²) in [6.07, 6.45) is 3.01. The number of aromatic nitrogens is 2. The van der Waals surface area contributed by atoms with Gasteiger partial charge in [0.05, 0.1) is 10.5 Å². The van der Waals surface area contributed by atoms with Crippen LogP contribution < -0.4 is 15.0 Å². The van der Waals surface area contributed by atoms with E-state index in [4.69, 9.17) is 11.6 Å². The van der Waals surface area contributed by atoms with Gasteiger partial charge in [0.15, 0.2) is 0 Å². The molecule has 0 bridgehead atoms. The fraction of sp³-hybridized carbons (Fsp3) is 0.250. The molecule has 29 heavy (non-hydrogen) atoms. The minimum atomic E-state index is -2.97. The van der Waals surface area contributed by atoms with Gasteiger partial charge in [-0.25, -0.2) is 9.97 Å². The van der Waals surface area contributed by atoms with Gasteiger partial charge in [0.2, 0.25) is 5.91 Å². The van der Waals surface area contributed by atoms with E-state index in [2.05, 4.69) is 20.0 Å². The van der Waals surface area contributed by atoms with Crippen LogP contribution in [0.4, 0.5) is 20.3 Å². The van der Waals surface area contributed by atoms with Crippen molar-refractivity contribution in [3.63, 3.8) is 0 Å². The first-order valence-electron chi connectivity index (χ1n) is 9.04. The summed E-state index contributed by atoms with van der Waals surface area (Å²) in [6.45, 7) is -2.27. The largest absolute Gasteiger partial charge is 0.433 e. The highest BCUT2D eigenvalue weighted by atomic mass is 35.5. The fourth-order valence-corrected chi connectivity index (χ4v) is 3.73. The fourth-order valence-electron chi connectivity index (χ4n) is 3.51. The third-order valence-electron chi connectivity index (χ3n) is 4.76. The lowest BCUT2D eigenvalue weighted by Crippen LogP contribution is -2.40. The number of hydrogen-bond acceptors (Lipinski definition) is 5. The van der Waals surface area contributed by atoms with Crippen LogP contribution in [0, 0.1) is 0 Å². The van der Waals surface area contributed by atoms with Crippen LogP contribution in [0.15, 0.2) is 48.8 Å². The molecule has 0 spiro atoms. The average Bonchev–Trinajstić information content (AvgIpc) is 3.19. The highest BCUT2D eigenvalue weighted by Crippen LogP contribution is 2.32. The molecule has 0 saturated carbocycles. The molecule has 2 heterocycles. The van der Waals surface area contributed by atoms with Gasteiger partial charge in [0.25, 0.3) is 0 Å². The van der Waals surface area contributed by atoms with Gasteiger partial charge in [-0.2, -0.15) is 8.78 Å². The van der Waals surface area contributed by atoms with Crippen molar-refractivity contribution >= 4 is 39.9 Å². The number of halogens is 3. The topological polar surface area (TPSA) is 67.3 Å². The number of nitrogens with one attached hydrogen (secondary N) is 1. The number of fused-ring (bicyclic) bond motifs is 1. The van der Waals surface area contributed by atoms with Crippen molar-refractivity contribution < 1.29 is 18.3 Å². The Morgan fingerprint density at radius 3 is 2.86 bits per heavy atom. The summed E-state index contributed by atoms with van der Waals surface area (Å²) < 4.78 is 29.0. The highest BCUT2D eigenvalue weighted by molar-refractivity contribution is 6.32. The second-order valence-electron chi connectivity index (χ2n) is 6.58. The maximum absolute atomic E-state index is 12.9.